The molecule has 5 nitrogen and oxygen atoms in total. The second kappa shape index (κ2) is 6.33. The minimum absolute atomic E-state index is 0.344. The lowest BCUT2D eigenvalue weighted by atomic mass is 9.91. The number of halogens is 1. The zero-order valence-electron chi connectivity index (χ0n) is 13.8. The van der Waals surface area contributed by atoms with Crippen molar-refractivity contribution in [2.45, 2.75) is 25.4 Å². The molecule has 1 fully saturated rings. The summed E-state index contributed by atoms with van der Waals surface area (Å²) in [5.41, 5.74) is -0.173. The van der Waals surface area contributed by atoms with Crippen LogP contribution < -0.4 is 5.32 Å². The third kappa shape index (κ3) is 2.91. The molecule has 1 aliphatic heterocycles. The Hall–Kier alpha value is -2.66. The maximum absolute atomic E-state index is 12.9. The number of ketones is 1. The molecule has 1 aliphatic rings. The highest BCUT2D eigenvalue weighted by Gasteiger charge is 2.51. The van der Waals surface area contributed by atoms with Crippen molar-refractivity contribution in [3.8, 4) is 0 Å². The molecular weight excluding hydrogens is 340 g/mol. The molecule has 6 heteroatoms. The Morgan fingerprint density at radius 2 is 1.80 bits per heavy atom. The van der Waals surface area contributed by atoms with Crippen LogP contribution in [-0.4, -0.2) is 28.7 Å². The predicted octanol–water partition coefficient (Wildman–Crippen LogP) is 3.38. The highest BCUT2D eigenvalue weighted by Crippen LogP contribution is 2.30. The third-order valence-corrected chi connectivity index (χ3v) is 4.68. The molecule has 0 bridgehead atoms. The number of imide groups is 1. The number of hydrogen-bond donors (Lipinski definition) is 1. The number of Topliss-reactive ketones (excluding diaryl/α,β-unsaturated/α-hetero) is 1. The number of benzene rings is 2. The second-order valence-corrected chi connectivity index (χ2v) is 6.58. The highest BCUT2D eigenvalue weighted by atomic mass is 35.5. The summed E-state index contributed by atoms with van der Waals surface area (Å²) in [6.07, 6.45) is 0. The lowest BCUT2D eigenvalue weighted by Crippen LogP contribution is -2.45. The van der Waals surface area contributed by atoms with E-state index >= 15 is 0 Å². The Bertz CT molecular complexity index is 853. The van der Waals surface area contributed by atoms with Crippen molar-refractivity contribution in [1.29, 1.82) is 0 Å². The third-order valence-electron chi connectivity index (χ3n) is 4.45. The van der Waals surface area contributed by atoms with Crippen LogP contribution in [0.4, 0.5) is 4.79 Å². The first-order valence-electron chi connectivity index (χ1n) is 7.85. The minimum Gasteiger partial charge on any atom is -0.319 e. The van der Waals surface area contributed by atoms with Gasteiger partial charge >= 0.3 is 6.03 Å². The van der Waals surface area contributed by atoms with Gasteiger partial charge in [0, 0.05) is 10.6 Å². The molecule has 3 amide bonds. The van der Waals surface area contributed by atoms with E-state index in [1.165, 1.54) is 13.0 Å². The van der Waals surface area contributed by atoms with Gasteiger partial charge in [-0.2, -0.15) is 0 Å². The van der Waals surface area contributed by atoms with Gasteiger partial charge in [-0.15, -0.1) is 0 Å². The highest BCUT2D eigenvalue weighted by molar-refractivity contribution is 6.31. The number of carbonyl (C=O) groups excluding carboxylic acids is 3. The van der Waals surface area contributed by atoms with Crippen LogP contribution in [0.1, 0.15) is 29.8 Å². The quantitative estimate of drug-likeness (QED) is 0.674. The van der Waals surface area contributed by atoms with Crippen molar-refractivity contribution in [2.24, 2.45) is 0 Å². The van der Waals surface area contributed by atoms with Gasteiger partial charge in [-0.1, -0.05) is 54.1 Å². The van der Waals surface area contributed by atoms with E-state index < -0.39 is 23.5 Å². The molecular formula is C19H17ClN2O3. The molecule has 1 heterocycles. The van der Waals surface area contributed by atoms with Gasteiger partial charge in [0.1, 0.15) is 11.6 Å². The number of carbonyl (C=O) groups is 3. The van der Waals surface area contributed by atoms with Crippen LogP contribution in [0, 0.1) is 0 Å². The smallest absolute Gasteiger partial charge is 0.319 e. The molecule has 2 aromatic carbocycles. The van der Waals surface area contributed by atoms with Crippen molar-refractivity contribution in [1.82, 2.24) is 10.2 Å². The van der Waals surface area contributed by atoms with E-state index in [4.69, 9.17) is 11.6 Å². The average molecular weight is 357 g/mol. The van der Waals surface area contributed by atoms with E-state index in [1.807, 2.05) is 6.07 Å². The summed E-state index contributed by atoms with van der Waals surface area (Å²) in [6.45, 7) is 3.18. The van der Waals surface area contributed by atoms with Gasteiger partial charge in [0.2, 0.25) is 0 Å². The number of rotatable bonds is 4. The lowest BCUT2D eigenvalue weighted by Gasteiger charge is -2.24. The van der Waals surface area contributed by atoms with Gasteiger partial charge in [0.25, 0.3) is 5.91 Å². The first-order valence-corrected chi connectivity index (χ1v) is 8.23. The number of nitrogens with one attached hydrogen (secondary N) is 1. The van der Waals surface area contributed by atoms with Crippen LogP contribution in [0.2, 0.25) is 5.02 Å². The molecule has 2 aromatic rings. The molecule has 2 atom stereocenters. The summed E-state index contributed by atoms with van der Waals surface area (Å²) in [7, 11) is 0. The van der Waals surface area contributed by atoms with Crippen molar-refractivity contribution in [2.75, 3.05) is 0 Å². The fourth-order valence-electron chi connectivity index (χ4n) is 2.98. The largest absolute Gasteiger partial charge is 0.325 e. The number of hydrogen-bond acceptors (Lipinski definition) is 3. The Balaban J connectivity index is 1.91. The van der Waals surface area contributed by atoms with Crippen LogP contribution in [0.25, 0.3) is 0 Å². The SMILES string of the molecule is C[C@H](C(=O)c1cccc(Cl)c1)N1C(=O)N[C@](C)(c2ccccc2)C1=O. The molecule has 0 aliphatic carbocycles. The normalized spacial score (nSPS) is 21.2. The Morgan fingerprint density at radius 1 is 1.12 bits per heavy atom. The monoisotopic (exact) mass is 356 g/mol. The summed E-state index contributed by atoms with van der Waals surface area (Å²) < 4.78 is 0. The first-order chi connectivity index (χ1) is 11.8. The molecule has 0 radical (unpaired) electrons. The Kier molecular flexibility index (Phi) is 4.35. The summed E-state index contributed by atoms with van der Waals surface area (Å²) >= 11 is 5.92. The summed E-state index contributed by atoms with van der Waals surface area (Å²) in [6, 6.07) is 13.9. The van der Waals surface area contributed by atoms with E-state index in [0.717, 1.165) is 4.90 Å². The van der Waals surface area contributed by atoms with E-state index in [0.29, 0.717) is 16.1 Å². The summed E-state index contributed by atoms with van der Waals surface area (Å²) in [5, 5.41) is 3.12. The van der Waals surface area contributed by atoms with Crippen molar-refractivity contribution >= 4 is 29.3 Å². The van der Waals surface area contributed by atoms with E-state index in [2.05, 4.69) is 5.32 Å². The predicted molar refractivity (Wildman–Crippen MR) is 94.4 cm³/mol. The summed E-state index contributed by atoms with van der Waals surface area (Å²) in [5.74, 6) is -0.796. The number of nitrogens with zero attached hydrogens (tertiary/aromatic N) is 1. The van der Waals surface area contributed by atoms with Crippen molar-refractivity contribution in [3.05, 3.63) is 70.7 Å². The molecule has 128 valence electrons. The van der Waals surface area contributed by atoms with Crippen molar-refractivity contribution < 1.29 is 14.4 Å². The van der Waals surface area contributed by atoms with Gasteiger partial charge in [-0.3, -0.25) is 14.5 Å². The lowest BCUT2D eigenvalue weighted by molar-refractivity contribution is -0.131. The maximum Gasteiger partial charge on any atom is 0.325 e. The fraction of sp³-hybridized carbons (Fsp3) is 0.211. The van der Waals surface area contributed by atoms with Gasteiger partial charge < -0.3 is 5.32 Å². The van der Waals surface area contributed by atoms with E-state index in [1.54, 1.807) is 49.4 Å². The fourth-order valence-corrected chi connectivity index (χ4v) is 3.17. The number of amides is 3. The van der Waals surface area contributed by atoms with Crippen LogP contribution >= 0.6 is 11.6 Å². The van der Waals surface area contributed by atoms with E-state index in [9.17, 15) is 14.4 Å². The van der Waals surface area contributed by atoms with E-state index in [-0.39, 0.29) is 5.78 Å². The topological polar surface area (TPSA) is 66.5 Å². The van der Waals surface area contributed by atoms with Gasteiger partial charge in [0.15, 0.2) is 5.78 Å². The number of urea groups is 1. The van der Waals surface area contributed by atoms with Gasteiger partial charge in [0.05, 0.1) is 0 Å². The molecule has 0 aromatic heterocycles. The molecule has 0 saturated carbocycles. The first kappa shape index (κ1) is 17.2. The summed E-state index contributed by atoms with van der Waals surface area (Å²) in [4.78, 5) is 39.1. The maximum atomic E-state index is 12.9. The standard InChI is InChI=1S/C19H17ClN2O3/c1-12(16(23)13-7-6-10-15(20)11-13)22-17(24)19(2,21-18(22)25)14-8-4-3-5-9-14/h3-12H,1-2H3,(H,21,25)/t12-,19-/m1/s1. The van der Waals surface area contributed by atoms with Crippen molar-refractivity contribution in [3.63, 3.8) is 0 Å². The molecule has 25 heavy (non-hydrogen) atoms. The molecule has 0 spiro atoms. The molecule has 3 rings (SSSR count). The Morgan fingerprint density at radius 3 is 2.44 bits per heavy atom. The van der Waals surface area contributed by atoms with Crippen LogP contribution in [0.15, 0.2) is 54.6 Å². The average Bonchev–Trinajstić information content (AvgIpc) is 2.84. The van der Waals surface area contributed by atoms with Gasteiger partial charge in [-0.05, 0) is 31.5 Å². The van der Waals surface area contributed by atoms with Gasteiger partial charge in [-0.25, -0.2) is 4.79 Å². The van der Waals surface area contributed by atoms with Crippen LogP contribution in [-0.2, 0) is 10.3 Å². The molecule has 0 unspecified atom stereocenters. The zero-order valence-corrected chi connectivity index (χ0v) is 14.6. The Labute approximate surface area is 150 Å². The van der Waals surface area contributed by atoms with Crippen LogP contribution in [0.3, 0.4) is 0 Å². The van der Waals surface area contributed by atoms with Crippen LogP contribution in [0.5, 0.6) is 0 Å². The minimum atomic E-state index is -1.19. The molecule has 1 saturated heterocycles. The molecule has 1 N–H and O–H groups in total. The zero-order chi connectivity index (χ0) is 18.2. The second-order valence-electron chi connectivity index (χ2n) is 6.15.